The molecule has 0 spiro atoms. The molecule has 2 heterocycles. The van der Waals surface area contributed by atoms with E-state index in [0.29, 0.717) is 4.47 Å². The van der Waals surface area contributed by atoms with E-state index in [1.54, 1.807) is 0 Å². The number of halogens is 1. The van der Waals surface area contributed by atoms with Crippen LogP contribution in [0.5, 0.6) is 0 Å². The number of carbonyl (C=O) groups is 1. The molecule has 2 unspecified atom stereocenters. The van der Waals surface area contributed by atoms with E-state index >= 15 is 0 Å². The molecule has 1 aromatic rings. The maximum absolute atomic E-state index is 11.3. The van der Waals surface area contributed by atoms with Gasteiger partial charge in [0, 0.05) is 26.3 Å². The zero-order chi connectivity index (χ0) is 14.9. The molecule has 1 aromatic heterocycles. The molecule has 0 bridgehead atoms. The van der Waals surface area contributed by atoms with Crippen molar-refractivity contribution in [2.24, 2.45) is 0 Å². The van der Waals surface area contributed by atoms with Gasteiger partial charge in [0.2, 0.25) is 0 Å². The van der Waals surface area contributed by atoms with Crippen molar-refractivity contribution in [2.75, 3.05) is 18.6 Å². The smallest absolute Gasteiger partial charge is 0.326 e. The van der Waals surface area contributed by atoms with Crippen LogP contribution < -0.4 is 4.90 Å². The van der Waals surface area contributed by atoms with Crippen LogP contribution in [0.15, 0.2) is 16.9 Å². The summed E-state index contributed by atoms with van der Waals surface area (Å²) in [6, 6.07) is -0.864. The second kappa shape index (κ2) is 5.71. The fraction of sp³-hybridized carbons (Fsp3) is 0.455. The number of hydrogen-bond acceptors (Lipinski definition) is 6. The summed E-state index contributed by atoms with van der Waals surface area (Å²) in [6.45, 7) is 0.275. The van der Waals surface area contributed by atoms with Crippen molar-refractivity contribution in [2.45, 2.75) is 18.6 Å². The van der Waals surface area contributed by atoms with E-state index in [9.17, 15) is 20.0 Å². The van der Waals surface area contributed by atoms with Crippen LogP contribution in [0.1, 0.15) is 6.42 Å². The summed E-state index contributed by atoms with van der Waals surface area (Å²) in [7, 11) is 1.49. The van der Waals surface area contributed by atoms with Gasteiger partial charge in [-0.2, -0.15) is 0 Å². The maximum Gasteiger partial charge on any atom is 0.326 e. The van der Waals surface area contributed by atoms with E-state index in [1.807, 2.05) is 0 Å². The van der Waals surface area contributed by atoms with Gasteiger partial charge in [-0.3, -0.25) is 15.1 Å². The normalized spacial score (nSPS) is 22.0. The molecule has 0 saturated carbocycles. The van der Waals surface area contributed by atoms with Gasteiger partial charge in [-0.05, 0) is 15.9 Å². The molecule has 0 amide bonds. The van der Waals surface area contributed by atoms with Crippen molar-refractivity contribution in [3.8, 4) is 0 Å². The van der Waals surface area contributed by atoms with Crippen molar-refractivity contribution in [3.63, 3.8) is 0 Å². The van der Waals surface area contributed by atoms with E-state index in [0.717, 1.165) is 6.20 Å². The zero-order valence-corrected chi connectivity index (χ0v) is 12.1. The van der Waals surface area contributed by atoms with Gasteiger partial charge in [-0.25, -0.2) is 4.79 Å². The summed E-state index contributed by atoms with van der Waals surface area (Å²) < 4.78 is 5.56. The first-order valence-corrected chi connectivity index (χ1v) is 6.55. The van der Waals surface area contributed by atoms with Crippen LogP contribution in [-0.2, 0) is 9.53 Å². The standard InChI is InChI=1S/C11H12BrN3O5/c1-20-6-2-8(11(16)17)14(5-6)10-7(12)3-13-4-9(10)15(18)19/h3-4,6,8H,2,5H2,1H3,(H,16,17). The molecule has 0 aromatic carbocycles. The summed E-state index contributed by atoms with van der Waals surface area (Å²) in [5.74, 6) is -1.04. The predicted molar refractivity (Wildman–Crippen MR) is 72.8 cm³/mol. The molecule has 1 N–H and O–H groups in total. The number of carboxylic acids is 1. The van der Waals surface area contributed by atoms with Crippen LogP contribution in [0, 0.1) is 10.1 Å². The summed E-state index contributed by atoms with van der Waals surface area (Å²) in [4.78, 5) is 27.1. The number of ether oxygens (including phenoxy) is 1. The van der Waals surface area contributed by atoms with E-state index in [4.69, 9.17) is 4.74 Å². The lowest BCUT2D eigenvalue weighted by Gasteiger charge is -2.23. The average molecular weight is 346 g/mol. The number of pyridine rings is 1. The molecule has 0 aliphatic carbocycles. The Bertz CT molecular complexity index is 553. The van der Waals surface area contributed by atoms with E-state index in [-0.39, 0.29) is 30.4 Å². The van der Waals surface area contributed by atoms with Crippen molar-refractivity contribution in [1.29, 1.82) is 0 Å². The number of nitro groups is 1. The van der Waals surface area contributed by atoms with E-state index in [1.165, 1.54) is 18.2 Å². The molecule has 1 aliphatic heterocycles. The Kier molecular flexibility index (Phi) is 4.19. The highest BCUT2D eigenvalue weighted by atomic mass is 79.9. The molecule has 1 aliphatic rings. The predicted octanol–water partition coefficient (Wildman–Crippen LogP) is 1.43. The monoisotopic (exact) mass is 345 g/mol. The lowest BCUT2D eigenvalue weighted by Crippen LogP contribution is -2.36. The quantitative estimate of drug-likeness (QED) is 0.649. The molecular weight excluding hydrogens is 334 g/mol. The summed E-state index contributed by atoms with van der Waals surface area (Å²) in [6.07, 6.45) is 2.51. The van der Waals surface area contributed by atoms with Gasteiger partial charge in [0.05, 0.1) is 15.5 Å². The topological polar surface area (TPSA) is 106 Å². The highest BCUT2D eigenvalue weighted by Crippen LogP contribution is 2.39. The van der Waals surface area contributed by atoms with Crippen LogP contribution >= 0.6 is 15.9 Å². The minimum atomic E-state index is -1.04. The third kappa shape index (κ3) is 2.59. The first kappa shape index (κ1) is 14.7. The molecule has 1 saturated heterocycles. The fourth-order valence-electron chi connectivity index (χ4n) is 2.29. The first-order chi connectivity index (χ1) is 9.45. The number of anilines is 1. The minimum absolute atomic E-state index is 0.219. The third-order valence-electron chi connectivity index (χ3n) is 3.22. The number of aromatic nitrogens is 1. The minimum Gasteiger partial charge on any atom is -0.480 e. The number of hydrogen-bond donors (Lipinski definition) is 1. The Hall–Kier alpha value is -1.74. The molecule has 0 radical (unpaired) electrons. The molecule has 2 atom stereocenters. The SMILES string of the molecule is COC1CC(C(=O)O)N(c2c(Br)cncc2[N+](=O)[O-])C1. The van der Waals surface area contributed by atoms with Gasteiger partial charge in [-0.15, -0.1) is 0 Å². The first-order valence-electron chi connectivity index (χ1n) is 5.75. The largest absolute Gasteiger partial charge is 0.480 e. The number of nitrogens with zero attached hydrogens (tertiary/aromatic N) is 3. The summed E-state index contributed by atoms with van der Waals surface area (Å²) >= 11 is 3.20. The van der Waals surface area contributed by atoms with Crippen LogP contribution in [0.2, 0.25) is 0 Å². The van der Waals surface area contributed by atoms with Gasteiger partial charge in [0.25, 0.3) is 0 Å². The maximum atomic E-state index is 11.3. The van der Waals surface area contributed by atoms with Crippen LogP contribution in [0.3, 0.4) is 0 Å². The van der Waals surface area contributed by atoms with E-state index in [2.05, 4.69) is 20.9 Å². The average Bonchev–Trinajstić information content (AvgIpc) is 2.82. The number of methoxy groups -OCH3 is 1. The van der Waals surface area contributed by atoms with Crippen LogP contribution in [0.4, 0.5) is 11.4 Å². The van der Waals surface area contributed by atoms with Crippen LogP contribution in [0.25, 0.3) is 0 Å². The molecule has 1 fully saturated rings. The second-order valence-electron chi connectivity index (χ2n) is 4.35. The Labute approximate surface area is 122 Å². The highest BCUT2D eigenvalue weighted by Gasteiger charge is 2.40. The van der Waals surface area contributed by atoms with Crippen molar-refractivity contribution in [3.05, 3.63) is 27.0 Å². The molecule has 9 heteroatoms. The molecule has 2 rings (SSSR count). The molecular formula is C11H12BrN3O5. The Morgan fingerprint density at radius 2 is 2.35 bits per heavy atom. The van der Waals surface area contributed by atoms with Crippen molar-refractivity contribution < 1.29 is 19.6 Å². The van der Waals surface area contributed by atoms with Crippen LogP contribution in [-0.4, -0.2) is 46.8 Å². The molecule has 8 nitrogen and oxygen atoms in total. The van der Waals surface area contributed by atoms with Gasteiger partial charge < -0.3 is 14.7 Å². The second-order valence-corrected chi connectivity index (χ2v) is 5.20. The van der Waals surface area contributed by atoms with Gasteiger partial charge in [0.15, 0.2) is 0 Å². The number of rotatable bonds is 4. The highest BCUT2D eigenvalue weighted by molar-refractivity contribution is 9.10. The Morgan fingerprint density at radius 3 is 2.90 bits per heavy atom. The number of aliphatic carboxylic acids is 1. The van der Waals surface area contributed by atoms with Gasteiger partial charge >= 0.3 is 11.7 Å². The van der Waals surface area contributed by atoms with Crippen molar-refractivity contribution >= 4 is 33.3 Å². The summed E-state index contributed by atoms with van der Waals surface area (Å²) in [5.41, 5.74) is -0.0145. The third-order valence-corrected chi connectivity index (χ3v) is 3.80. The molecule has 20 heavy (non-hydrogen) atoms. The van der Waals surface area contributed by atoms with E-state index < -0.39 is 16.9 Å². The molecule has 108 valence electrons. The fourth-order valence-corrected chi connectivity index (χ4v) is 2.83. The zero-order valence-electron chi connectivity index (χ0n) is 10.5. The number of carboxylic acid groups (broad SMARTS) is 1. The van der Waals surface area contributed by atoms with Gasteiger partial charge in [0.1, 0.15) is 17.9 Å². The van der Waals surface area contributed by atoms with Crippen molar-refractivity contribution in [1.82, 2.24) is 4.98 Å². The lowest BCUT2D eigenvalue weighted by molar-refractivity contribution is -0.384. The Morgan fingerprint density at radius 1 is 1.65 bits per heavy atom. The Balaban J connectivity index is 2.49. The lowest BCUT2D eigenvalue weighted by atomic mass is 10.2. The summed E-state index contributed by atoms with van der Waals surface area (Å²) in [5, 5.41) is 20.4. The van der Waals surface area contributed by atoms with Gasteiger partial charge in [-0.1, -0.05) is 0 Å².